The van der Waals surface area contributed by atoms with Gasteiger partial charge in [0.25, 0.3) is 5.91 Å². The zero-order chi connectivity index (χ0) is 19.6. The fraction of sp³-hybridized carbons (Fsp3) is 0.385. The van der Waals surface area contributed by atoms with Crippen LogP contribution in [0.25, 0.3) is 0 Å². The minimum atomic E-state index is -5.22. The van der Waals surface area contributed by atoms with Crippen LogP contribution in [0.4, 0.5) is 18.9 Å². The summed E-state index contributed by atoms with van der Waals surface area (Å²) in [6.45, 7) is 0.262. The monoisotopic (exact) mass is 402 g/mol. The summed E-state index contributed by atoms with van der Waals surface area (Å²) in [5.74, 6) is -3.41. The molecule has 12 heteroatoms. The molecule has 1 rings (SSSR count). The highest BCUT2D eigenvalue weighted by molar-refractivity contribution is 7.92. The van der Waals surface area contributed by atoms with Crippen molar-refractivity contribution >= 4 is 38.9 Å². The molecule has 2 amide bonds. The second kappa shape index (κ2) is 7.18. The van der Waals surface area contributed by atoms with E-state index in [1.165, 1.54) is 7.05 Å². The van der Waals surface area contributed by atoms with Gasteiger partial charge in [0.1, 0.15) is 5.75 Å². The van der Waals surface area contributed by atoms with Crippen LogP contribution in [0.5, 0.6) is 0 Å². The van der Waals surface area contributed by atoms with Gasteiger partial charge in [-0.15, -0.1) is 0 Å². The number of carbonyl (C=O) groups excluding carboxylic acids is 2. The largest absolute Gasteiger partial charge is 0.426 e. The number of hydrogen-bond donors (Lipinski definition) is 3. The van der Waals surface area contributed by atoms with Gasteiger partial charge in [-0.25, -0.2) is 8.42 Å². The molecular weight excluding hydrogens is 389 g/mol. The van der Waals surface area contributed by atoms with Gasteiger partial charge in [-0.05, 0) is 25.1 Å². The molecule has 0 bridgehead atoms. The molecule has 0 saturated carbocycles. The summed E-state index contributed by atoms with van der Waals surface area (Å²) < 4.78 is 61.8. The van der Waals surface area contributed by atoms with Crippen molar-refractivity contribution in [3.8, 4) is 0 Å². The Kier molecular flexibility index (Phi) is 6.09. The first-order chi connectivity index (χ1) is 11.2. The Morgan fingerprint density at radius 1 is 1.28 bits per heavy atom. The molecule has 1 aromatic rings. The van der Waals surface area contributed by atoms with Gasteiger partial charge in [-0.1, -0.05) is 11.6 Å². The van der Waals surface area contributed by atoms with Crippen LogP contribution >= 0.6 is 11.6 Å². The van der Waals surface area contributed by atoms with Gasteiger partial charge in [-0.3, -0.25) is 9.59 Å². The second-order valence-corrected chi connectivity index (χ2v) is 7.49. The van der Waals surface area contributed by atoms with E-state index < -0.39 is 39.2 Å². The Labute approximate surface area is 146 Å². The van der Waals surface area contributed by atoms with E-state index in [2.05, 4.69) is 5.32 Å². The predicted octanol–water partition coefficient (Wildman–Crippen LogP) is 1.11. The van der Waals surface area contributed by atoms with E-state index in [1.807, 2.05) is 0 Å². The highest BCUT2D eigenvalue weighted by Gasteiger charge is 2.55. The van der Waals surface area contributed by atoms with Gasteiger partial charge in [0, 0.05) is 7.05 Å². The molecule has 0 fully saturated rings. The van der Waals surface area contributed by atoms with Crippen LogP contribution in [-0.4, -0.2) is 49.9 Å². The number of sulfone groups is 1. The van der Waals surface area contributed by atoms with E-state index in [4.69, 9.17) is 11.6 Å². The lowest BCUT2D eigenvalue weighted by Crippen LogP contribution is -2.52. The third-order valence-electron chi connectivity index (χ3n) is 3.14. The fourth-order valence-electron chi connectivity index (χ4n) is 1.49. The highest BCUT2D eigenvalue weighted by Crippen LogP contribution is 2.32. The molecule has 0 aliphatic carbocycles. The maximum atomic E-state index is 12.6. The fourth-order valence-corrected chi connectivity index (χ4v) is 3.01. The smallest absolute Gasteiger partial charge is 0.373 e. The molecule has 0 unspecified atom stereocenters. The van der Waals surface area contributed by atoms with Crippen molar-refractivity contribution in [2.75, 3.05) is 18.1 Å². The van der Waals surface area contributed by atoms with E-state index in [0.29, 0.717) is 0 Å². The molecule has 0 heterocycles. The standard InChI is InChI=1S/C13H14ClF3N2O5S/c1-12(22,13(15,16)17)11(21)19-9-4-3-7(5-8(9)14)25(23,24)6-10(20)18-2/h3-5,22H,6H2,1-2H3,(H,18,20)(H,19,21)/t12-/m1/s1. The van der Waals surface area contributed by atoms with Gasteiger partial charge < -0.3 is 15.7 Å². The molecule has 7 nitrogen and oxygen atoms in total. The van der Waals surface area contributed by atoms with Crippen LogP contribution < -0.4 is 10.6 Å². The third kappa shape index (κ3) is 4.83. The average molecular weight is 403 g/mol. The number of rotatable bonds is 5. The molecule has 3 N–H and O–H groups in total. The van der Waals surface area contributed by atoms with Crippen LogP contribution in [0.3, 0.4) is 0 Å². The van der Waals surface area contributed by atoms with Crippen molar-refractivity contribution in [1.82, 2.24) is 5.32 Å². The van der Waals surface area contributed by atoms with Crippen LogP contribution in [0.1, 0.15) is 6.92 Å². The van der Waals surface area contributed by atoms with Crippen LogP contribution in [0, 0.1) is 0 Å². The quantitative estimate of drug-likeness (QED) is 0.683. The van der Waals surface area contributed by atoms with Gasteiger partial charge in [0.05, 0.1) is 15.6 Å². The van der Waals surface area contributed by atoms with Crippen molar-refractivity contribution in [1.29, 1.82) is 0 Å². The minimum absolute atomic E-state index is 0.262. The lowest BCUT2D eigenvalue weighted by molar-refractivity contribution is -0.242. The molecule has 0 radical (unpaired) electrons. The Morgan fingerprint density at radius 3 is 2.28 bits per heavy atom. The third-order valence-corrected chi connectivity index (χ3v) is 5.07. The number of benzene rings is 1. The van der Waals surface area contributed by atoms with E-state index in [0.717, 1.165) is 18.2 Å². The van der Waals surface area contributed by atoms with Crippen molar-refractivity contribution < 1.29 is 36.3 Å². The van der Waals surface area contributed by atoms with Crippen molar-refractivity contribution in [3.63, 3.8) is 0 Å². The number of nitrogens with one attached hydrogen (secondary N) is 2. The summed E-state index contributed by atoms with van der Waals surface area (Å²) in [5, 5.41) is 12.8. The lowest BCUT2D eigenvalue weighted by atomic mass is 10.1. The maximum Gasteiger partial charge on any atom is 0.426 e. The molecule has 0 aliphatic rings. The Hall–Kier alpha value is -1.85. The van der Waals surface area contributed by atoms with Gasteiger partial charge in [-0.2, -0.15) is 13.2 Å². The maximum absolute atomic E-state index is 12.6. The summed E-state index contributed by atoms with van der Waals surface area (Å²) >= 11 is 5.77. The normalized spacial score (nSPS) is 14.5. The molecular formula is C13H14ClF3N2O5S. The molecule has 0 aromatic heterocycles. The highest BCUT2D eigenvalue weighted by atomic mass is 35.5. The van der Waals surface area contributed by atoms with Crippen molar-refractivity contribution in [2.24, 2.45) is 0 Å². The zero-order valence-corrected chi connectivity index (χ0v) is 14.5. The van der Waals surface area contributed by atoms with Gasteiger partial charge in [0.15, 0.2) is 9.84 Å². The van der Waals surface area contributed by atoms with E-state index >= 15 is 0 Å². The van der Waals surface area contributed by atoms with E-state index in [1.54, 1.807) is 5.32 Å². The number of anilines is 1. The van der Waals surface area contributed by atoms with Crippen LogP contribution in [-0.2, 0) is 19.4 Å². The SMILES string of the molecule is CNC(=O)CS(=O)(=O)c1ccc(NC(=O)[C@@](C)(O)C(F)(F)F)c(Cl)c1. The van der Waals surface area contributed by atoms with Gasteiger partial charge in [0.2, 0.25) is 11.5 Å². The minimum Gasteiger partial charge on any atom is -0.373 e. The summed E-state index contributed by atoms with van der Waals surface area (Å²) in [7, 11) is -2.78. The molecule has 0 spiro atoms. The number of carbonyl (C=O) groups is 2. The number of aliphatic hydroxyl groups is 1. The lowest BCUT2D eigenvalue weighted by Gasteiger charge is -2.25. The van der Waals surface area contributed by atoms with E-state index in [-0.39, 0.29) is 22.5 Å². The van der Waals surface area contributed by atoms with Crippen LogP contribution in [0.15, 0.2) is 23.1 Å². The second-order valence-electron chi connectivity index (χ2n) is 5.10. The summed E-state index contributed by atoms with van der Waals surface area (Å²) in [6, 6.07) is 2.78. The Bertz CT molecular complexity index is 793. The molecule has 0 saturated heterocycles. The van der Waals surface area contributed by atoms with Crippen LogP contribution in [0.2, 0.25) is 5.02 Å². The number of halogens is 4. The molecule has 1 atom stereocenters. The van der Waals surface area contributed by atoms with Crippen molar-refractivity contribution in [2.45, 2.75) is 23.6 Å². The first-order valence-electron chi connectivity index (χ1n) is 6.56. The predicted molar refractivity (Wildman–Crippen MR) is 82.9 cm³/mol. The first kappa shape index (κ1) is 21.2. The topological polar surface area (TPSA) is 113 Å². The zero-order valence-electron chi connectivity index (χ0n) is 12.9. The average Bonchev–Trinajstić information content (AvgIpc) is 2.47. The summed E-state index contributed by atoms with van der Waals surface area (Å²) in [5.41, 5.74) is -4.00. The van der Waals surface area contributed by atoms with Gasteiger partial charge >= 0.3 is 6.18 Å². The molecule has 25 heavy (non-hydrogen) atoms. The summed E-state index contributed by atoms with van der Waals surface area (Å²) in [4.78, 5) is 22.4. The molecule has 140 valence electrons. The Balaban J connectivity index is 3.08. The summed E-state index contributed by atoms with van der Waals surface area (Å²) in [6.07, 6.45) is -5.22. The first-order valence-corrected chi connectivity index (χ1v) is 8.59. The van der Waals surface area contributed by atoms with Crippen molar-refractivity contribution in [3.05, 3.63) is 23.2 Å². The number of hydrogen-bond acceptors (Lipinski definition) is 5. The molecule has 0 aliphatic heterocycles. The number of alkyl halides is 3. The number of amides is 2. The Morgan fingerprint density at radius 2 is 1.84 bits per heavy atom. The molecule has 1 aromatic carbocycles. The van der Waals surface area contributed by atoms with E-state index in [9.17, 15) is 36.3 Å².